The monoisotopic (exact) mass is 239 g/mol. The van der Waals surface area contributed by atoms with Crippen LogP contribution < -0.4 is 0 Å². The van der Waals surface area contributed by atoms with Crippen LogP contribution in [0.5, 0.6) is 0 Å². The maximum absolute atomic E-state index is 5.22. The first-order chi connectivity index (χ1) is 8.78. The quantitative estimate of drug-likeness (QED) is 0.689. The third-order valence-electron chi connectivity index (χ3n) is 2.89. The zero-order valence-corrected chi connectivity index (χ0v) is 10.3. The summed E-state index contributed by atoms with van der Waals surface area (Å²) in [5.41, 5.74) is 4.18. The van der Waals surface area contributed by atoms with Crippen LogP contribution in [-0.2, 0) is 6.42 Å². The second-order valence-corrected chi connectivity index (χ2v) is 4.18. The summed E-state index contributed by atoms with van der Waals surface area (Å²) in [6.45, 7) is 3.97. The molecule has 0 unspecified atom stereocenters. The normalized spacial score (nSPS) is 11.0. The molecule has 2 heterocycles. The van der Waals surface area contributed by atoms with Gasteiger partial charge in [0.2, 0.25) is 0 Å². The molecule has 3 rings (SSSR count). The highest BCUT2D eigenvalue weighted by molar-refractivity contribution is 5.77. The summed E-state index contributed by atoms with van der Waals surface area (Å²) in [7, 11) is 0. The molecule has 0 radical (unpaired) electrons. The molecule has 1 aromatic carbocycles. The fourth-order valence-corrected chi connectivity index (χ4v) is 1.92. The van der Waals surface area contributed by atoms with E-state index in [4.69, 9.17) is 4.52 Å². The minimum atomic E-state index is 0.752. The summed E-state index contributed by atoms with van der Waals surface area (Å²) < 4.78 is 5.22. The van der Waals surface area contributed by atoms with E-state index in [1.54, 1.807) is 0 Å². The van der Waals surface area contributed by atoms with Crippen molar-refractivity contribution in [2.24, 2.45) is 0 Å². The topological polar surface area (TPSA) is 51.8 Å². The zero-order chi connectivity index (χ0) is 12.5. The predicted molar refractivity (Wildman–Crippen MR) is 69.2 cm³/mol. The van der Waals surface area contributed by atoms with Crippen molar-refractivity contribution in [2.45, 2.75) is 20.3 Å². The number of rotatable bonds is 2. The van der Waals surface area contributed by atoms with Gasteiger partial charge < -0.3 is 4.52 Å². The number of aryl methyl sites for hydroxylation is 2. The van der Waals surface area contributed by atoms with Crippen LogP contribution in [0.2, 0.25) is 0 Å². The second-order valence-electron chi connectivity index (χ2n) is 4.18. The largest absolute Gasteiger partial charge is 0.361 e. The molecule has 0 aliphatic rings. The Morgan fingerprint density at radius 1 is 1.11 bits per heavy atom. The first kappa shape index (κ1) is 10.9. The molecule has 0 bridgehead atoms. The van der Waals surface area contributed by atoms with Crippen LogP contribution in [0.3, 0.4) is 0 Å². The molecule has 0 amide bonds. The minimum absolute atomic E-state index is 0.752. The molecular weight excluding hydrogens is 226 g/mol. The van der Waals surface area contributed by atoms with Crippen LogP contribution >= 0.6 is 0 Å². The lowest BCUT2D eigenvalue weighted by molar-refractivity contribution is 0.388. The third kappa shape index (κ3) is 1.76. The van der Waals surface area contributed by atoms with Gasteiger partial charge in [0, 0.05) is 12.5 Å². The van der Waals surface area contributed by atoms with Gasteiger partial charge in [-0.25, -0.2) is 9.97 Å². The lowest BCUT2D eigenvalue weighted by Gasteiger charge is -2.02. The highest BCUT2D eigenvalue weighted by Gasteiger charge is 2.11. The SMILES string of the molecule is CCc1cc(-c2nc3ccccc3nc2C)no1. The molecule has 0 aliphatic carbocycles. The van der Waals surface area contributed by atoms with Crippen molar-refractivity contribution in [3.63, 3.8) is 0 Å². The molecule has 18 heavy (non-hydrogen) atoms. The zero-order valence-electron chi connectivity index (χ0n) is 10.3. The Morgan fingerprint density at radius 3 is 2.50 bits per heavy atom. The van der Waals surface area contributed by atoms with Gasteiger partial charge in [0.15, 0.2) is 0 Å². The Balaban J connectivity index is 2.19. The number of benzene rings is 1. The Bertz CT molecular complexity index is 703. The molecule has 0 saturated carbocycles. The van der Waals surface area contributed by atoms with Crippen molar-refractivity contribution >= 4 is 11.0 Å². The maximum Gasteiger partial charge on any atom is 0.137 e. The number of aromatic nitrogens is 3. The second kappa shape index (κ2) is 4.22. The lowest BCUT2D eigenvalue weighted by atomic mass is 10.2. The van der Waals surface area contributed by atoms with E-state index in [0.717, 1.165) is 40.3 Å². The molecule has 0 N–H and O–H groups in total. The molecular formula is C14H13N3O. The summed E-state index contributed by atoms with van der Waals surface area (Å²) in [5, 5.41) is 4.05. The van der Waals surface area contributed by atoms with Gasteiger partial charge in [-0.2, -0.15) is 0 Å². The van der Waals surface area contributed by atoms with Gasteiger partial charge in [-0.15, -0.1) is 0 Å². The summed E-state index contributed by atoms with van der Waals surface area (Å²) in [5.74, 6) is 0.861. The first-order valence-corrected chi connectivity index (χ1v) is 5.97. The lowest BCUT2D eigenvalue weighted by Crippen LogP contribution is -1.94. The molecule has 0 spiro atoms. The van der Waals surface area contributed by atoms with Crippen molar-refractivity contribution in [2.75, 3.05) is 0 Å². The highest BCUT2D eigenvalue weighted by Crippen LogP contribution is 2.22. The van der Waals surface area contributed by atoms with Gasteiger partial charge in [-0.05, 0) is 19.1 Å². The van der Waals surface area contributed by atoms with Crippen LogP contribution in [-0.4, -0.2) is 15.1 Å². The van der Waals surface area contributed by atoms with Crippen LogP contribution in [0.15, 0.2) is 34.9 Å². The van der Waals surface area contributed by atoms with E-state index in [9.17, 15) is 0 Å². The highest BCUT2D eigenvalue weighted by atomic mass is 16.5. The molecule has 2 aromatic heterocycles. The molecule has 0 fully saturated rings. The molecule has 0 saturated heterocycles. The van der Waals surface area contributed by atoms with Crippen molar-refractivity contribution in [3.05, 3.63) is 41.8 Å². The van der Waals surface area contributed by atoms with E-state index < -0.39 is 0 Å². The number of hydrogen-bond donors (Lipinski definition) is 0. The van der Waals surface area contributed by atoms with E-state index in [-0.39, 0.29) is 0 Å². The van der Waals surface area contributed by atoms with Crippen LogP contribution in [0.4, 0.5) is 0 Å². The van der Waals surface area contributed by atoms with Crippen LogP contribution in [0.1, 0.15) is 18.4 Å². The average Bonchev–Trinajstić information content (AvgIpc) is 2.86. The minimum Gasteiger partial charge on any atom is -0.361 e. The number of para-hydroxylation sites is 2. The van der Waals surface area contributed by atoms with Crippen molar-refractivity contribution in [3.8, 4) is 11.4 Å². The smallest absolute Gasteiger partial charge is 0.137 e. The summed E-state index contributed by atoms with van der Waals surface area (Å²) in [6.07, 6.45) is 0.826. The van der Waals surface area contributed by atoms with E-state index in [1.165, 1.54) is 0 Å². The predicted octanol–water partition coefficient (Wildman–Crippen LogP) is 3.16. The van der Waals surface area contributed by atoms with Crippen LogP contribution in [0, 0.1) is 6.92 Å². The summed E-state index contributed by atoms with van der Waals surface area (Å²) in [6, 6.07) is 9.75. The van der Waals surface area contributed by atoms with Crippen molar-refractivity contribution in [1.82, 2.24) is 15.1 Å². The van der Waals surface area contributed by atoms with Gasteiger partial charge in [0.1, 0.15) is 17.1 Å². The van der Waals surface area contributed by atoms with E-state index in [1.807, 2.05) is 44.2 Å². The third-order valence-corrected chi connectivity index (χ3v) is 2.89. The van der Waals surface area contributed by atoms with E-state index in [2.05, 4.69) is 15.1 Å². The van der Waals surface area contributed by atoms with Gasteiger partial charge in [-0.1, -0.05) is 24.2 Å². The fourth-order valence-electron chi connectivity index (χ4n) is 1.92. The van der Waals surface area contributed by atoms with Crippen LogP contribution in [0.25, 0.3) is 22.4 Å². The van der Waals surface area contributed by atoms with Crippen molar-refractivity contribution < 1.29 is 4.52 Å². The Kier molecular flexibility index (Phi) is 2.55. The Labute approximate surface area is 105 Å². The average molecular weight is 239 g/mol. The molecule has 4 nitrogen and oxygen atoms in total. The molecule has 4 heteroatoms. The Hall–Kier alpha value is -2.23. The molecule has 0 aliphatic heterocycles. The van der Waals surface area contributed by atoms with Gasteiger partial charge >= 0.3 is 0 Å². The summed E-state index contributed by atoms with van der Waals surface area (Å²) >= 11 is 0. The molecule has 90 valence electrons. The standard InChI is InChI=1S/C14H13N3O/c1-3-10-8-13(17-18-10)14-9(2)15-11-6-4-5-7-12(11)16-14/h4-8H,3H2,1-2H3. The van der Waals surface area contributed by atoms with E-state index >= 15 is 0 Å². The van der Waals surface area contributed by atoms with E-state index in [0.29, 0.717) is 0 Å². The van der Waals surface area contributed by atoms with Gasteiger partial charge in [0.05, 0.1) is 16.7 Å². The van der Waals surface area contributed by atoms with Crippen molar-refractivity contribution in [1.29, 1.82) is 0 Å². The van der Waals surface area contributed by atoms with Gasteiger partial charge in [0.25, 0.3) is 0 Å². The number of fused-ring (bicyclic) bond motifs is 1. The maximum atomic E-state index is 5.22. The number of hydrogen-bond acceptors (Lipinski definition) is 4. The first-order valence-electron chi connectivity index (χ1n) is 5.97. The summed E-state index contributed by atoms with van der Waals surface area (Å²) in [4.78, 5) is 9.15. The van der Waals surface area contributed by atoms with Gasteiger partial charge in [-0.3, -0.25) is 0 Å². The molecule has 3 aromatic rings. The Morgan fingerprint density at radius 2 is 1.83 bits per heavy atom. The number of nitrogens with zero attached hydrogens (tertiary/aromatic N) is 3. The molecule has 0 atom stereocenters. The fraction of sp³-hybridized carbons (Fsp3) is 0.214.